The fraction of sp³-hybridized carbons (Fsp3) is 0.500. The molecular weight excluding hydrogens is 220 g/mol. The lowest BCUT2D eigenvalue weighted by Crippen LogP contribution is -2.30. The van der Waals surface area contributed by atoms with E-state index in [0.717, 1.165) is 24.2 Å². The van der Waals surface area contributed by atoms with Gasteiger partial charge in [0.15, 0.2) is 11.5 Å². The Balaban J connectivity index is 2.09. The molecular formula is C10H14N6O. The number of nitrogens with one attached hydrogen (secondary N) is 1. The zero-order valence-corrected chi connectivity index (χ0v) is 9.30. The lowest BCUT2D eigenvalue weighted by molar-refractivity contribution is 0.301. The van der Waals surface area contributed by atoms with Crippen molar-refractivity contribution >= 4 is 22.9 Å². The fourth-order valence-electron chi connectivity index (χ4n) is 2.00. The Labute approximate surface area is 97.7 Å². The van der Waals surface area contributed by atoms with Crippen molar-refractivity contribution in [2.75, 3.05) is 23.8 Å². The number of aliphatic hydroxyl groups excluding tert-OH is 1. The van der Waals surface area contributed by atoms with Gasteiger partial charge >= 0.3 is 0 Å². The molecule has 0 unspecified atom stereocenters. The number of hydrogen-bond acceptors (Lipinski definition) is 6. The number of rotatable bonds is 4. The molecule has 3 rings (SSSR count). The predicted molar refractivity (Wildman–Crippen MR) is 63.5 cm³/mol. The minimum absolute atomic E-state index is 0.0933. The smallest absolute Gasteiger partial charge is 0.224 e. The number of nitrogens with zero attached hydrogens (tertiary/aromatic N) is 4. The van der Waals surface area contributed by atoms with Gasteiger partial charge in [0.05, 0.1) is 12.9 Å². The number of nitrogens with two attached hydrogens (primary N) is 1. The van der Waals surface area contributed by atoms with Crippen molar-refractivity contribution in [3.05, 3.63) is 6.33 Å². The van der Waals surface area contributed by atoms with Crippen molar-refractivity contribution in [2.45, 2.75) is 18.9 Å². The zero-order chi connectivity index (χ0) is 11.8. The Morgan fingerprint density at radius 3 is 3.00 bits per heavy atom. The normalized spacial score (nSPS) is 15.4. The summed E-state index contributed by atoms with van der Waals surface area (Å²) in [6.45, 7) is 0.644. The molecule has 2 heterocycles. The van der Waals surface area contributed by atoms with Gasteiger partial charge in [0.2, 0.25) is 5.95 Å². The summed E-state index contributed by atoms with van der Waals surface area (Å²) in [7, 11) is 0. The van der Waals surface area contributed by atoms with Gasteiger partial charge in [-0.3, -0.25) is 0 Å². The average molecular weight is 234 g/mol. The molecule has 0 radical (unpaired) electrons. The Hall–Kier alpha value is -1.89. The first kappa shape index (κ1) is 10.3. The second-order valence-electron chi connectivity index (χ2n) is 4.15. The van der Waals surface area contributed by atoms with Crippen LogP contribution in [0.15, 0.2) is 6.33 Å². The maximum Gasteiger partial charge on any atom is 0.224 e. The van der Waals surface area contributed by atoms with Gasteiger partial charge in [0.25, 0.3) is 0 Å². The van der Waals surface area contributed by atoms with Crippen LogP contribution in [0.1, 0.15) is 12.8 Å². The summed E-state index contributed by atoms with van der Waals surface area (Å²) >= 11 is 0. The van der Waals surface area contributed by atoms with Crippen LogP contribution in [0.4, 0.5) is 11.8 Å². The lowest BCUT2D eigenvalue weighted by atomic mass is 10.4. The highest BCUT2D eigenvalue weighted by atomic mass is 16.3. The van der Waals surface area contributed by atoms with Gasteiger partial charge in [-0.15, -0.1) is 0 Å². The fourth-order valence-corrected chi connectivity index (χ4v) is 2.00. The first-order valence-corrected chi connectivity index (χ1v) is 5.63. The van der Waals surface area contributed by atoms with Gasteiger partial charge in [0.1, 0.15) is 5.52 Å². The van der Waals surface area contributed by atoms with Crippen LogP contribution in [0.2, 0.25) is 0 Å². The van der Waals surface area contributed by atoms with Crippen LogP contribution in [0.5, 0.6) is 0 Å². The van der Waals surface area contributed by atoms with Crippen molar-refractivity contribution in [1.82, 2.24) is 19.9 Å². The molecule has 1 aliphatic rings. The number of aromatic nitrogens is 4. The summed E-state index contributed by atoms with van der Waals surface area (Å²) in [5, 5.41) is 9.12. The standard InChI is InChI=1S/C10H14N6O/c11-10-14-8-7(12-5-13-8)9(15-10)16(3-4-17)6-1-2-6/h5-6,17H,1-4H2,(H3,11,12,13,14,15). The number of hydrogen-bond donors (Lipinski definition) is 3. The molecule has 1 aliphatic carbocycles. The zero-order valence-electron chi connectivity index (χ0n) is 9.30. The molecule has 1 fully saturated rings. The highest BCUT2D eigenvalue weighted by Crippen LogP contribution is 2.33. The van der Waals surface area contributed by atoms with Crippen LogP contribution in [-0.2, 0) is 0 Å². The molecule has 90 valence electrons. The molecule has 2 aromatic heterocycles. The van der Waals surface area contributed by atoms with Gasteiger partial charge in [-0.2, -0.15) is 9.97 Å². The first-order valence-electron chi connectivity index (χ1n) is 5.63. The summed E-state index contributed by atoms with van der Waals surface area (Å²) in [5.74, 6) is 0.949. The maximum atomic E-state index is 9.12. The molecule has 7 heteroatoms. The van der Waals surface area contributed by atoms with E-state index in [1.54, 1.807) is 6.33 Å². The van der Waals surface area contributed by atoms with Gasteiger partial charge in [-0.25, -0.2) is 4.98 Å². The van der Waals surface area contributed by atoms with Crippen molar-refractivity contribution in [1.29, 1.82) is 0 Å². The minimum atomic E-state index is 0.0933. The predicted octanol–water partition coefficient (Wildman–Crippen LogP) is -0.104. The molecule has 0 amide bonds. The molecule has 2 aromatic rings. The van der Waals surface area contributed by atoms with Crippen LogP contribution in [0.3, 0.4) is 0 Å². The summed E-state index contributed by atoms with van der Waals surface area (Å²) in [4.78, 5) is 17.5. The van der Waals surface area contributed by atoms with Crippen LogP contribution < -0.4 is 10.6 Å². The Bertz CT molecular complexity index is 535. The van der Waals surface area contributed by atoms with E-state index in [2.05, 4.69) is 24.8 Å². The molecule has 0 spiro atoms. The molecule has 0 aromatic carbocycles. The van der Waals surface area contributed by atoms with Crippen LogP contribution >= 0.6 is 0 Å². The Morgan fingerprint density at radius 2 is 2.29 bits per heavy atom. The third-order valence-corrected chi connectivity index (χ3v) is 2.88. The quantitative estimate of drug-likeness (QED) is 0.682. The Kier molecular flexibility index (Phi) is 2.32. The van der Waals surface area contributed by atoms with Crippen molar-refractivity contribution in [3.63, 3.8) is 0 Å². The molecule has 0 bridgehead atoms. The van der Waals surface area contributed by atoms with Crippen LogP contribution in [0, 0.1) is 0 Å². The monoisotopic (exact) mass is 234 g/mol. The molecule has 7 nitrogen and oxygen atoms in total. The van der Waals surface area contributed by atoms with E-state index < -0.39 is 0 Å². The number of imidazole rings is 1. The third-order valence-electron chi connectivity index (χ3n) is 2.88. The number of anilines is 2. The number of fused-ring (bicyclic) bond motifs is 1. The Morgan fingerprint density at radius 1 is 1.47 bits per heavy atom. The van der Waals surface area contributed by atoms with Crippen molar-refractivity contribution in [2.24, 2.45) is 0 Å². The van der Waals surface area contributed by atoms with Crippen LogP contribution in [0.25, 0.3) is 11.2 Å². The average Bonchev–Trinajstić information content (AvgIpc) is 3.04. The van der Waals surface area contributed by atoms with Gasteiger partial charge in [0, 0.05) is 12.6 Å². The van der Waals surface area contributed by atoms with E-state index in [-0.39, 0.29) is 12.6 Å². The van der Waals surface area contributed by atoms with E-state index in [1.165, 1.54) is 0 Å². The SMILES string of the molecule is Nc1nc(N(CCO)C2CC2)c2[nH]cnc2n1. The van der Waals surface area contributed by atoms with Crippen molar-refractivity contribution in [3.8, 4) is 0 Å². The second kappa shape index (κ2) is 3.85. The summed E-state index contributed by atoms with van der Waals surface area (Å²) < 4.78 is 0. The number of aliphatic hydroxyl groups is 1. The topological polar surface area (TPSA) is 104 Å². The summed E-state index contributed by atoms with van der Waals surface area (Å²) in [5.41, 5.74) is 7.02. The first-order chi connectivity index (χ1) is 8.29. The summed E-state index contributed by atoms with van der Waals surface area (Å²) in [6.07, 6.45) is 3.82. The van der Waals surface area contributed by atoms with Gasteiger partial charge in [-0.05, 0) is 12.8 Å². The van der Waals surface area contributed by atoms with E-state index in [0.29, 0.717) is 18.2 Å². The van der Waals surface area contributed by atoms with E-state index in [1.807, 2.05) is 0 Å². The molecule has 4 N–H and O–H groups in total. The number of H-pyrrole nitrogens is 1. The third kappa shape index (κ3) is 1.78. The molecule has 17 heavy (non-hydrogen) atoms. The van der Waals surface area contributed by atoms with Crippen LogP contribution in [-0.4, -0.2) is 44.2 Å². The minimum Gasteiger partial charge on any atom is -0.395 e. The van der Waals surface area contributed by atoms with Gasteiger partial charge in [-0.1, -0.05) is 0 Å². The molecule has 0 aliphatic heterocycles. The highest BCUT2D eigenvalue weighted by Gasteiger charge is 2.31. The largest absolute Gasteiger partial charge is 0.395 e. The molecule has 0 atom stereocenters. The second-order valence-corrected chi connectivity index (χ2v) is 4.15. The van der Waals surface area contributed by atoms with E-state index >= 15 is 0 Å². The number of aromatic amines is 1. The van der Waals surface area contributed by atoms with Crippen molar-refractivity contribution < 1.29 is 5.11 Å². The van der Waals surface area contributed by atoms with E-state index in [9.17, 15) is 0 Å². The maximum absolute atomic E-state index is 9.12. The highest BCUT2D eigenvalue weighted by molar-refractivity contribution is 5.84. The van der Waals surface area contributed by atoms with E-state index in [4.69, 9.17) is 10.8 Å². The van der Waals surface area contributed by atoms with Gasteiger partial charge < -0.3 is 20.7 Å². The molecule has 1 saturated carbocycles. The lowest BCUT2D eigenvalue weighted by Gasteiger charge is -2.22. The summed E-state index contributed by atoms with van der Waals surface area (Å²) in [6, 6.07) is 0.447. The number of nitrogen functional groups attached to an aromatic ring is 1. The molecule has 0 saturated heterocycles.